The van der Waals surface area contributed by atoms with Gasteiger partial charge < -0.3 is 39.9 Å². The minimum absolute atomic E-state index is 0. The van der Waals surface area contributed by atoms with Crippen LogP contribution in [0, 0.1) is 23.7 Å². The predicted molar refractivity (Wildman–Crippen MR) is 183 cm³/mol. The van der Waals surface area contributed by atoms with Gasteiger partial charge in [0.2, 0.25) is 11.8 Å². The van der Waals surface area contributed by atoms with E-state index in [4.69, 9.17) is 9.47 Å². The van der Waals surface area contributed by atoms with Crippen LogP contribution in [0.25, 0.3) is 0 Å². The average molecular weight is 729 g/mol. The van der Waals surface area contributed by atoms with Crippen LogP contribution in [0.4, 0.5) is 0 Å². The van der Waals surface area contributed by atoms with Gasteiger partial charge in [-0.05, 0) is 56.7 Å². The van der Waals surface area contributed by atoms with E-state index in [1.54, 1.807) is 37.3 Å². The minimum atomic E-state index is -1.62. The molecular formula is C38H54N2Na2O9. The number of benzene rings is 1. The van der Waals surface area contributed by atoms with Gasteiger partial charge in [0, 0.05) is 44.8 Å². The van der Waals surface area contributed by atoms with Gasteiger partial charge >= 0.3 is 59.1 Å². The van der Waals surface area contributed by atoms with Gasteiger partial charge in [-0.25, -0.2) is 0 Å². The maximum Gasteiger partial charge on any atom is 1.00 e. The summed E-state index contributed by atoms with van der Waals surface area (Å²) in [6, 6.07) is 5.11. The number of carboxylic acid groups (broad SMARTS) is 2. The number of ketones is 1. The average Bonchev–Trinajstić information content (AvgIpc) is 3.07. The molecule has 0 aliphatic carbocycles. The first-order valence-corrected chi connectivity index (χ1v) is 17.4. The van der Waals surface area contributed by atoms with Crippen LogP contribution in [0.3, 0.4) is 0 Å². The van der Waals surface area contributed by atoms with E-state index >= 15 is 0 Å². The Balaban J connectivity index is 0. The fraction of sp³-hybridized carbons (Fsp3) is 0.605. The predicted octanol–water partition coefficient (Wildman–Crippen LogP) is -3.16. The van der Waals surface area contributed by atoms with Gasteiger partial charge in [0.05, 0.1) is 24.5 Å². The Morgan fingerprint density at radius 1 is 0.882 bits per heavy atom. The van der Waals surface area contributed by atoms with Crippen LogP contribution in [-0.4, -0.2) is 62.4 Å². The number of carboxylic acids is 2. The van der Waals surface area contributed by atoms with Crippen molar-refractivity contribution in [2.45, 2.75) is 110 Å². The molecule has 0 radical (unpaired) electrons. The Morgan fingerprint density at radius 3 is 2.08 bits per heavy atom. The summed E-state index contributed by atoms with van der Waals surface area (Å²) in [5.41, 5.74) is 0.568. The quantitative estimate of drug-likeness (QED) is 0.0391. The molecule has 2 amide bonds. The zero-order valence-electron chi connectivity index (χ0n) is 31.4. The standard InChI is InChI=1S/C38H56N2O9.2Na/c1-4-6-8-11-14-17-30(41)18-15-12-9-10-13-16-19-32(33(37(44)45)28-35(42)39-24-26-48-3)36(43)40-34(38(46)47)27-29-20-22-31(23-21-29)49-25-7-5-2;;/h16,19-23,32-34H,4,6,8-15,17-18,24-28H2,1-3H3,(H,39,42)(H,40,43)(H,44,45)(H,46,47);;/q;2*+1/p-2/b19-16+;;/t32-,33+,34-;;/m0../s1. The Bertz CT molecular complexity index is 1250. The summed E-state index contributed by atoms with van der Waals surface area (Å²) in [7, 11) is 1.45. The largest absolute Gasteiger partial charge is 1.00 e. The van der Waals surface area contributed by atoms with Gasteiger partial charge in [-0.15, -0.1) is 5.92 Å². The summed E-state index contributed by atoms with van der Waals surface area (Å²) in [6.45, 7) is 4.42. The van der Waals surface area contributed by atoms with Crippen LogP contribution in [0.1, 0.15) is 103 Å². The first-order chi connectivity index (χ1) is 23.6. The van der Waals surface area contributed by atoms with Crippen LogP contribution < -0.4 is 84.7 Å². The molecule has 0 spiro atoms. The third-order valence-corrected chi connectivity index (χ3v) is 8.00. The van der Waals surface area contributed by atoms with E-state index in [1.807, 2.05) is 0 Å². The molecule has 13 heteroatoms. The molecule has 0 aliphatic rings. The molecular weight excluding hydrogens is 674 g/mol. The fourth-order valence-electron chi connectivity index (χ4n) is 5.17. The van der Waals surface area contributed by atoms with Crippen LogP contribution in [0.2, 0.25) is 0 Å². The number of nitrogens with one attached hydrogen (secondary N) is 2. The van der Waals surface area contributed by atoms with E-state index in [0.717, 1.165) is 38.5 Å². The van der Waals surface area contributed by atoms with Gasteiger partial charge in [-0.1, -0.05) is 75.7 Å². The number of ether oxygens (including phenoxy) is 2. The first kappa shape index (κ1) is 50.9. The number of carbonyl (C=O) groups excluding carboxylic acids is 5. The number of Topliss-reactive ketones (excluding diaryl/α,β-unsaturated/α-hetero) is 1. The number of carbonyl (C=O) groups is 5. The number of allylic oxidation sites excluding steroid dienone is 1. The molecule has 0 aromatic heterocycles. The number of amides is 2. The zero-order chi connectivity index (χ0) is 36.3. The van der Waals surface area contributed by atoms with Crippen molar-refractivity contribution in [2.75, 3.05) is 26.9 Å². The number of hydrogen-bond donors (Lipinski definition) is 2. The molecule has 0 bridgehead atoms. The number of hydrogen-bond acceptors (Lipinski definition) is 9. The zero-order valence-corrected chi connectivity index (χ0v) is 35.4. The van der Waals surface area contributed by atoms with E-state index in [0.29, 0.717) is 36.4 Å². The van der Waals surface area contributed by atoms with Gasteiger partial charge in [0.1, 0.15) is 18.1 Å². The van der Waals surface area contributed by atoms with Gasteiger partial charge in [-0.2, -0.15) is 0 Å². The van der Waals surface area contributed by atoms with Crippen LogP contribution >= 0.6 is 0 Å². The van der Waals surface area contributed by atoms with Crippen molar-refractivity contribution in [2.24, 2.45) is 11.8 Å². The number of methoxy groups -OCH3 is 1. The second-order valence-corrected chi connectivity index (χ2v) is 12.0. The van der Waals surface area contributed by atoms with Gasteiger partial charge in [0.25, 0.3) is 0 Å². The smallest absolute Gasteiger partial charge is 0.550 e. The van der Waals surface area contributed by atoms with Crippen molar-refractivity contribution >= 4 is 29.5 Å². The molecule has 0 fully saturated rings. The third kappa shape index (κ3) is 24.7. The van der Waals surface area contributed by atoms with Crippen molar-refractivity contribution in [1.29, 1.82) is 0 Å². The third-order valence-electron chi connectivity index (χ3n) is 8.00. The molecule has 0 saturated heterocycles. The summed E-state index contributed by atoms with van der Waals surface area (Å²) in [5, 5.41) is 29.2. The van der Waals surface area contributed by atoms with Gasteiger partial charge in [-0.3, -0.25) is 14.4 Å². The molecule has 0 aliphatic heterocycles. The fourth-order valence-corrected chi connectivity index (χ4v) is 5.17. The SMILES string of the molecule is CC#CCOc1ccc(C[C@H](NC(=O)[C@@H](/C=C/CCCCCCC(=O)CCCCCCC)[C@@H](CC(=O)NCCOC)C(=O)[O-])C(=O)[O-])cc1.[Na+].[Na+]. The summed E-state index contributed by atoms with van der Waals surface area (Å²) in [4.78, 5) is 62.3. The normalized spacial score (nSPS) is 12.2. The van der Waals surface area contributed by atoms with Crippen LogP contribution in [0.15, 0.2) is 36.4 Å². The van der Waals surface area contributed by atoms with Crippen LogP contribution in [0.5, 0.6) is 5.75 Å². The maximum absolute atomic E-state index is 13.5. The molecule has 51 heavy (non-hydrogen) atoms. The first-order valence-electron chi connectivity index (χ1n) is 17.4. The van der Waals surface area contributed by atoms with Crippen LogP contribution in [-0.2, 0) is 35.1 Å². The molecule has 1 aromatic carbocycles. The molecule has 1 aromatic rings. The molecule has 0 unspecified atom stereocenters. The topological polar surface area (TPSA) is 174 Å². The summed E-state index contributed by atoms with van der Waals surface area (Å²) in [6.07, 6.45) is 13.0. The van der Waals surface area contributed by atoms with E-state index in [1.165, 1.54) is 32.4 Å². The molecule has 1 rings (SSSR count). The van der Waals surface area contributed by atoms with E-state index in [2.05, 4.69) is 29.4 Å². The Labute approximate surface area is 348 Å². The summed E-state index contributed by atoms with van der Waals surface area (Å²) < 4.78 is 10.4. The molecule has 0 heterocycles. The molecule has 3 atom stereocenters. The second kappa shape index (κ2) is 32.5. The summed E-state index contributed by atoms with van der Waals surface area (Å²) >= 11 is 0. The number of rotatable bonds is 28. The number of unbranched alkanes of at least 4 members (excludes halogenated alkanes) is 8. The maximum atomic E-state index is 13.5. The Hall–Kier alpha value is -2.17. The van der Waals surface area contributed by atoms with Crippen molar-refractivity contribution in [3.8, 4) is 17.6 Å². The van der Waals surface area contributed by atoms with Crippen molar-refractivity contribution in [3.05, 3.63) is 42.0 Å². The molecule has 2 N–H and O–H groups in total. The van der Waals surface area contributed by atoms with Crippen molar-refractivity contribution < 1.29 is 103 Å². The molecule has 272 valence electrons. The van der Waals surface area contributed by atoms with Crippen molar-refractivity contribution in [1.82, 2.24) is 10.6 Å². The molecule has 11 nitrogen and oxygen atoms in total. The Kier molecular flexibility index (Phi) is 32.4. The van der Waals surface area contributed by atoms with E-state index in [-0.39, 0.29) is 85.3 Å². The van der Waals surface area contributed by atoms with E-state index < -0.39 is 48.1 Å². The summed E-state index contributed by atoms with van der Waals surface area (Å²) in [5.74, 6) is -1.28. The molecule has 0 saturated carbocycles. The van der Waals surface area contributed by atoms with E-state index in [9.17, 15) is 34.2 Å². The second-order valence-electron chi connectivity index (χ2n) is 12.0. The monoisotopic (exact) mass is 728 g/mol. The minimum Gasteiger partial charge on any atom is -0.550 e. The van der Waals surface area contributed by atoms with Gasteiger partial charge in [0.15, 0.2) is 0 Å². The number of aliphatic carboxylic acids is 2. The Morgan fingerprint density at radius 2 is 1.51 bits per heavy atom. The van der Waals surface area contributed by atoms with Crippen molar-refractivity contribution in [3.63, 3.8) is 0 Å².